The van der Waals surface area contributed by atoms with E-state index >= 15 is 0 Å². The number of aliphatic hydroxyl groups is 1. The second-order valence-corrected chi connectivity index (χ2v) is 5.04. The third-order valence-corrected chi connectivity index (χ3v) is 3.48. The van der Waals surface area contributed by atoms with E-state index in [-0.39, 0.29) is 23.8 Å². The molecule has 1 saturated carbocycles. The van der Waals surface area contributed by atoms with Gasteiger partial charge in [0.05, 0.1) is 11.5 Å². The van der Waals surface area contributed by atoms with Crippen LogP contribution in [-0.2, 0) is 14.4 Å². The lowest BCUT2D eigenvalue weighted by Crippen LogP contribution is -2.54. The molecule has 0 radical (unpaired) electrons. The molecule has 0 saturated heterocycles. The summed E-state index contributed by atoms with van der Waals surface area (Å²) >= 11 is 0. The number of carbonyl (C=O) groups is 3. The Balaban J connectivity index is 3.13. The summed E-state index contributed by atoms with van der Waals surface area (Å²) in [6.07, 6.45) is -0.119. The number of carbonyl (C=O) groups excluding carboxylic acids is 3. The van der Waals surface area contributed by atoms with Crippen LogP contribution in [0.3, 0.4) is 0 Å². The zero-order chi connectivity index (χ0) is 12.7. The Kier molecular flexibility index (Phi) is 3.33. The van der Waals surface area contributed by atoms with E-state index in [1.54, 1.807) is 6.92 Å². The SMILES string of the molecule is CC(=O)[C@@H]1C(=O)C[C@@](C)(O)[C@H](C(C)=O)[C@@H]1C. The van der Waals surface area contributed by atoms with Gasteiger partial charge < -0.3 is 5.11 Å². The van der Waals surface area contributed by atoms with Crippen LogP contribution in [0.1, 0.15) is 34.1 Å². The molecule has 4 heteroatoms. The van der Waals surface area contributed by atoms with Gasteiger partial charge in [-0.1, -0.05) is 6.92 Å². The summed E-state index contributed by atoms with van der Waals surface area (Å²) in [5.41, 5.74) is -1.33. The van der Waals surface area contributed by atoms with Crippen molar-refractivity contribution in [3.05, 3.63) is 0 Å². The minimum Gasteiger partial charge on any atom is -0.389 e. The van der Waals surface area contributed by atoms with E-state index in [2.05, 4.69) is 0 Å². The molecule has 1 aliphatic carbocycles. The van der Waals surface area contributed by atoms with Crippen LogP contribution in [0.5, 0.6) is 0 Å². The standard InChI is InChI=1S/C12H18O4/c1-6-10(7(2)13)9(15)5-12(4,16)11(6)8(3)14/h6,10-11,16H,5H2,1-4H3/t6-,10-,11+,12-/m1/s1. The van der Waals surface area contributed by atoms with Gasteiger partial charge in [-0.3, -0.25) is 14.4 Å². The van der Waals surface area contributed by atoms with Crippen LogP contribution in [-0.4, -0.2) is 28.1 Å². The minimum absolute atomic E-state index is 0.119. The predicted octanol–water partition coefficient (Wildman–Crippen LogP) is 0.757. The normalized spacial score (nSPS) is 39.6. The van der Waals surface area contributed by atoms with Gasteiger partial charge in [0.25, 0.3) is 0 Å². The summed E-state index contributed by atoms with van der Waals surface area (Å²) < 4.78 is 0. The first-order chi connectivity index (χ1) is 7.18. The molecule has 0 aromatic carbocycles. The van der Waals surface area contributed by atoms with Crippen molar-refractivity contribution in [2.45, 2.75) is 39.7 Å². The van der Waals surface area contributed by atoms with Crippen LogP contribution in [0.4, 0.5) is 0 Å². The van der Waals surface area contributed by atoms with Crippen molar-refractivity contribution in [2.75, 3.05) is 0 Å². The van der Waals surface area contributed by atoms with Gasteiger partial charge >= 0.3 is 0 Å². The van der Waals surface area contributed by atoms with Crippen molar-refractivity contribution in [3.8, 4) is 0 Å². The fourth-order valence-electron chi connectivity index (χ4n) is 3.03. The third-order valence-electron chi connectivity index (χ3n) is 3.48. The fraction of sp³-hybridized carbons (Fsp3) is 0.750. The second kappa shape index (κ2) is 4.09. The highest BCUT2D eigenvalue weighted by atomic mass is 16.3. The molecule has 0 heterocycles. The van der Waals surface area contributed by atoms with E-state index in [0.717, 1.165) is 0 Å². The van der Waals surface area contributed by atoms with Crippen LogP contribution < -0.4 is 0 Å². The fourth-order valence-corrected chi connectivity index (χ4v) is 3.03. The summed E-state index contributed by atoms with van der Waals surface area (Å²) in [4.78, 5) is 34.6. The number of Topliss-reactive ketones (excluding diaryl/α,β-unsaturated/α-hetero) is 3. The molecule has 0 aliphatic heterocycles. The third kappa shape index (κ3) is 2.07. The molecular weight excluding hydrogens is 208 g/mol. The lowest BCUT2D eigenvalue weighted by Gasteiger charge is -2.42. The largest absolute Gasteiger partial charge is 0.389 e. The Morgan fingerprint density at radius 3 is 2.19 bits per heavy atom. The maximum Gasteiger partial charge on any atom is 0.146 e. The van der Waals surface area contributed by atoms with Crippen molar-refractivity contribution in [2.24, 2.45) is 17.8 Å². The Labute approximate surface area is 95.0 Å². The number of hydrogen-bond donors (Lipinski definition) is 1. The van der Waals surface area contributed by atoms with Crippen molar-refractivity contribution in [3.63, 3.8) is 0 Å². The van der Waals surface area contributed by atoms with Crippen molar-refractivity contribution in [1.82, 2.24) is 0 Å². The van der Waals surface area contributed by atoms with Crippen LogP contribution in [0.25, 0.3) is 0 Å². The maximum absolute atomic E-state index is 11.7. The first-order valence-electron chi connectivity index (χ1n) is 5.44. The van der Waals surface area contributed by atoms with Crippen molar-refractivity contribution < 1.29 is 19.5 Å². The molecule has 0 aromatic rings. The Bertz CT molecular complexity index is 343. The van der Waals surface area contributed by atoms with E-state index in [1.807, 2.05) is 0 Å². The van der Waals surface area contributed by atoms with Crippen molar-refractivity contribution >= 4 is 17.3 Å². The van der Waals surface area contributed by atoms with Gasteiger partial charge in [-0.05, 0) is 26.7 Å². The van der Waals surface area contributed by atoms with Crippen LogP contribution >= 0.6 is 0 Å². The summed E-state index contributed by atoms with van der Waals surface area (Å²) in [5.74, 6) is -2.46. The highest BCUT2D eigenvalue weighted by Crippen LogP contribution is 2.40. The van der Waals surface area contributed by atoms with Gasteiger partial charge in [0.15, 0.2) is 0 Å². The molecule has 0 amide bonds. The summed E-state index contributed by atoms with van der Waals surface area (Å²) in [6, 6.07) is 0. The number of hydrogen-bond acceptors (Lipinski definition) is 4. The quantitative estimate of drug-likeness (QED) is 0.705. The van der Waals surface area contributed by atoms with Crippen LogP contribution in [0.2, 0.25) is 0 Å². The number of ketones is 3. The molecule has 1 fully saturated rings. The van der Waals surface area contributed by atoms with Gasteiger partial charge in [-0.2, -0.15) is 0 Å². The zero-order valence-electron chi connectivity index (χ0n) is 10.1. The molecule has 4 nitrogen and oxygen atoms in total. The van der Waals surface area contributed by atoms with Gasteiger partial charge in [0, 0.05) is 12.3 Å². The molecule has 1 N–H and O–H groups in total. The van der Waals surface area contributed by atoms with E-state index in [0.29, 0.717) is 0 Å². The molecule has 90 valence electrons. The van der Waals surface area contributed by atoms with E-state index < -0.39 is 23.4 Å². The minimum atomic E-state index is -1.33. The molecule has 0 bridgehead atoms. The molecule has 1 rings (SSSR count). The first-order valence-corrected chi connectivity index (χ1v) is 5.44. The van der Waals surface area contributed by atoms with E-state index in [9.17, 15) is 19.5 Å². The van der Waals surface area contributed by atoms with Crippen LogP contribution in [0.15, 0.2) is 0 Å². The maximum atomic E-state index is 11.7. The van der Waals surface area contributed by atoms with Gasteiger partial charge in [0.2, 0.25) is 0 Å². The molecule has 0 unspecified atom stereocenters. The van der Waals surface area contributed by atoms with Gasteiger partial charge in [-0.15, -0.1) is 0 Å². The predicted molar refractivity (Wildman–Crippen MR) is 57.8 cm³/mol. The summed E-state index contributed by atoms with van der Waals surface area (Å²) in [5, 5.41) is 10.1. The number of rotatable bonds is 2. The molecule has 16 heavy (non-hydrogen) atoms. The Morgan fingerprint density at radius 1 is 1.31 bits per heavy atom. The molecule has 1 aliphatic rings. The van der Waals surface area contributed by atoms with Crippen molar-refractivity contribution in [1.29, 1.82) is 0 Å². The lowest BCUT2D eigenvalue weighted by atomic mass is 9.62. The second-order valence-electron chi connectivity index (χ2n) is 5.04. The average Bonchev–Trinajstić information content (AvgIpc) is 1.97. The topological polar surface area (TPSA) is 71.4 Å². The molecular formula is C12H18O4. The monoisotopic (exact) mass is 226 g/mol. The molecule has 0 aromatic heterocycles. The zero-order valence-corrected chi connectivity index (χ0v) is 10.1. The highest BCUT2D eigenvalue weighted by molar-refractivity contribution is 6.03. The summed E-state index contributed by atoms with van der Waals surface area (Å²) in [7, 11) is 0. The average molecular weight is 226 g/mol. The van der Waals surface area contributed by atoms with Gasteiger partial charge in [-0.25, -0.2) is 0 Å². The highest BCUT2D eigenvalue weighted by Gasteiger charge is 2.51. The van der Waals surface area contributed by atoms with Gasteiger partial charge in [0.1, 0.15) is 17.3 Å². The van der Waals surface area contributed by atoms with E-state index in [4.69, 9.17) is 0 Å². The smallest absolute Gasteiger partial charge is 0.146 e. The Morgan fingerprint density at radius 2 is 1.81 bits per heavy atom. The first kappa shape index (κ1) is 13.0. The summed E-state index contributed by atoms with van der Waals surface area (Å²) in [6.45, 7) is 5.92. The van der Waals surface area contributed by atoms with E-state index in [1.165, 1.54) is 20.8 Å². The van der Waals surface area contributed by atoms with Crippen LogP contribution in [0, 0.1) is 17.8 Å². The lowest BCUT2D eigenvalue weighted by molar-refractivity contribution is -0.155. The Hall–Kier alpha value is -1.03. The molecule has 0 spiro atoms. The molecule has 4 atom stereocenters.